The number of benzene rings is 2. The molecule has 0 aliphatic rings. The third-order valence-electron chi connectivity index (χ3n) is 2.97. The first kappa shape index (κ1) is 13.0. The summed E-state index contributed by atoms with van der Waals surface area (Å²) in [7, 11) is 0. The van der Waals surface area contributed by atoms with Crippen LogP contribution in [0.2, 0.25) is 10.0 Å². The molecule has 1 aromatic heterocycles. The lowest BCUT2D eigenvalue weighted by Gasteiger charge is -2.09. The molecule has 0 bridgehead atoms. The molecular formula is C14H8Cl2N2O2. The zero-order valence-corrected chi connectivity index (χ0v) is 11.6. The molecule has 0 saturated carbocycles. The van der Waals surface area contributed by atoms with Crippen LogP contribution in [0.5, 0.6) is 0 Å². The molecule has 0 spiro atoms. The maximum absolute atomic E-state index is 11.3. The number of aromatic carboxylic acids is 1. The normalized spacial score (nSPS) is 10.9. The fourth-order valence-electron chi connectivity index (χ4n) is 2.09. The predicted octanol–water partition coefficient (Wildman–Crippen LogP) is 4.03. The molecule has 100 valence electrons. The highest BCUT2D eigenvalue weighted by Gasteiger charge is 2.15. The highest BCUT2D eigenvalue weighted by atomic mass is 35.5. The number of carboxylic acids is 1. The Bertz CT molecular complexity index is 827. The summed E-state index contributed by atoms with van der Waals surface area (Å²) in [4.78, 5) is 15.6. The smallest absolute Gasteiger partial charge is 0.337 e. The SMILES string of the molecule is O=C(O)c1cccc2ncn(-c3cc(Cl)ccc3Cl)c12. The largest absolute Gasteiger partial charge is 0.478 e. The Morgan fingerprint density at radius 1 is 1.20 bits per heavy atom. The van der Waals surface area contributed by atoms with Gasteiger partial charge in [-0.1, -0.05) is 29.3 Å². The summed E-state index contributed by atoms with van der Waals surface area (Å²) < 4.78 is 1.63. The predicted molar refractivity (Wildman–Crippen MR) is 78.0 cm³/mol. The minimum absolute atomic E-state index is 0.163. The molecule has 6 heteroatoms. The van der Waals surface area contributed by atoms with Crippen LogP contribution < -0.4 is 0 Å². The first-order valence-corrected chi connectivity index (χ1v) is 6.48. The standard InChI is InChI=1S/C14H8Cl2N2O2/c15-8-4-5-10(16)12(6-8)18-7-17-11-3-1-2-9(13(11)18)14(19)20/h1-7H,(H,19,20). The van der Waals surface area contributed by atoms with Gasteiger partial charge < -0.3 is 5.11 Å². The van der Waals surface area contributed by atoms with E-state index in [1.165, 1.54) is 12.4 Å². The first-order valence-electron chi connectivity index (χ1n) is 5.72. The number of nitrogens with zero attached hydrogens (tertiary/aromatic N) is 2. The number of hydrogen-bond donors (Lipinski definition) is 1. The Morgan fingerprint density at radius 2 is 2.00 bits per heavy atom. The van der Waals surface area contributed by atoms with Crippen molar-refractivity contribution in [3.8, 4) is 5.69 Å². The molecule has 0 radical (unpaired) electrons. The second-order valence-corrected chi connectivity index (χ2v) is 5.03. The molecule has 0 fully saturated rings. The third-order valence-corrected chi connectivity index (χ3v) is 3.52. The van der Waals surface area contributed by atoms with Crippen molar-refractivity contribution in [3.63, 3.8) is 0 Å². The van der Waals surface area contributed by atoms with Crippen molar-refractivity contribution in [1.29, 1.82) is 0 Å². The molecular weight excluding hydrogens is 299 g/mol. The summed E-state index contributed by atoms with van der Waals surface area (Å²) in [6.45, 7) is 0. The maximum Gasteiger partial charge on any atom is 0.337 e. The van der Waals surface area contributed by atoms with Crippen LogP contribution in [-0.4, -0.2) is 20.6 Å². The van der Waals surface area contributed by atoms with Gasteiger partial charge in [-0.2, -0.15) is 0 Å². The number of halogens is 2. The fourth-order valence-corrected chi connectivity index (χ4v) is 2.47. The number of imidazole rings is 1. The lowest BCUT2D eigenvalue weighted by atomic mass is 10.2. The average Bonchev–Trinajstić information content (AvgIpc) is 2.85. The zero-order valence-electron chi connectivity index (χ0n) is 10.0. The number of para-hydroxylation sites is 1. The van der Waals surface area contributed by atoms with Gasteiger partial charge in [0, 0.05) is 5.02 Å². The quantitative estimate of drug-likeness (QED) is 0.777. The van der Waals surface area contributed by atoms with Crippen molar-refractivity contribution in [1.82, 2.24) is 9.55 Å². The van der Waals surface area contributed by atoms with Crippen molar-refractivity contribution in [2.75, 3.05) is 0 Å². The summed E-state index contributed by atoms with van der Waals surface area (Å²) in [6, 6.07) is 9.93. The highest BCUT2D eigenvalue weighted by Crippen LogP contribution is 2.28. The second-order valence-electron chi connectivity index (χ2n) is 4.19. The molecule has 0 unspecified atom stereocenters. The molecule has 0 aliphatic carbocycles. The third kappa shape index (κ3) is 2.03. The molecule has 3 aromatic rings. The van der Waals surface area contributed by atoms with Crippen molar-refractivity contribution in [2.45, 2.75) is 0 Å². The molecule has 1 N–H and O–H groups in total. The van der Waals surface area contributed by atoms with Gasteiger partial charge in [-0.25, -0.2) is 9.78 Å². The summed E-state index contributed by atoms with van der Waals surface area (Å²) in [6.07, 6.45) is 1.54. The van der Waals surface area contributed by atoms with E-state index in [4.69, 9.17) is 23.2 Å². The van der Waals surface area contributed by atoms with Gasteiger partial charge in [-0.05, 0) is 30.3 Å². The van der Waals surface area contributed by atoms with Crippen molar-refractivity contribution < 1.29 is 9.90 Å². The molecule has 20 heavy (non-hydrogen) atoms. The van der Waals surface area contributed by atoms with E-state index in [0.717, 1.165) is 0 Å². The second kappa shape index (κ2) is 4.81. The topological polar surface area (TPSA) is 55.1 Å². The Morgan fingerprint density at radius 3 is 2.75 bits per heavy atom. The lowest BCUT2D eigenvalue weighted by molar-refractivity contribution is 0.0698. The van der Waals surface area contributed by atoms with Gasteiger partial charge in [0.1, 0.15) is 6.33 Å². The average molecular weight is 307 g/mol. The molecule has 0 amide bonds. The van der Waals surface area contributed by atoms with Crippen molar-refractivity contribution in [2.24, 2.45) is 0 Å². The number of rotatable bonds is 2. The van der Waals surface area contributed by atoms with Crippen LogP contribution in [0.1, 0.15) is 10.4 Å². The molecule has 3 rings (SSSR count). The molecule has 0 atom stereocenters. The van der Waals surface area contributed by atoms with Gasteiger partial charge >= 0.3 is 5.97 Å². The minimum Gasteiger partial charge on any atom is -0.478 e. The van der Waals surface area contributed by atoms with E-state index in [1.54, 1.807) is 34.9 Å². The summed E-state index contributed by atoms with van der Waals surface area (Å²) in [5.74, 6) is -1.02. The van der Waals surface area contributed by atoms with Crippen molar-refractivity contribution >= 4 is 40.2 Å². The van der Waals surface area contributed by atoms with Gasteiger partial charge in [-0.15, -0.1) is 0 Å². The molecule has 0 aliphatic heterocycles. The summed E-state index contributed by atoms with van der Waals surface area (Å²) >= 11 is 12.1. The Labute approximate surface area is 124 Å². The van der Waals surface area contributed by atoms with E-state index in [2.05, 4.69) is 4.98 Å². The molecule has 1 heterocycles. The Hall–Kier alpha value is -2.04. The molecule has 2 aromatic carbocycles. The number of carboxylic acid groups (broad SMARTS) is 1. The van der Waals surface area contributed by atoms with Crippen LogP contribution in [0.25, 0.3) is 16.7 Å². The van der Waals surface area contributed by atoms with Gasteiger partial charge in [0.15, 0.2) is 0 Å². The molecule has 0 saturated heterocycles. The van der Waals surface area contributed by atoms with E-state index in [-0.39, 0.29) is 5.56 Å². The fraction of sp³-hybridized carbons (Fsp3) is 0. The van der Waals surface area contributed by atoms with Crippen LogP contribution in [0.3, 0.4) is 0 Å². The van der Waals surface area contributed by atoms with E-state index < -0.39 is 5.97 Å². The Balaban J connectivity index is 2.37. The Kier molecular flexibility index (Phi) is 3.12. The van der Waals surface area contributed by atoms with Gasteiger partial charge in [0.25, 0.3) is 0 Å². The van der Waals surface area contributed by atoms with Crippen LogP contribution in [0.4, 0.5) is 0 Å². The minimum atomic E-state index is -1.02. The summed E-state index contributed by atoms with van der Waals surface area (Å²) in [5, 5.41) is 10.3. The zero-order chi connectivity index (χ0) is 14.3. The van der Waals surface area contributed by atoms with Gasteiger partial charge in [0.2, 0.25) is 0 Å². The van der Waals surface area contributed by atoms with E-state index in [9.17, 15) is 9.90 Å². The van der Waals surface area contributed by atoms with E-state index in [0.29, 0.717) is 26.8 Å². The highest BCUT2D eigenvalue weighted by molar-refractivity contribution is 6.34. The monoisotopic (exact) mass is 306 g/mol. The van der Waals surface area contributed by atoms with Crippen LogP contribution in [0.15, 0.2) is 42.7 Å². The number of aromatic nitrogens is 2. The first-order chi connectivity index (χ1) is 9.58. The summed E-state index contributed by atoms with van der Waals surface area (Å²) in [5.41, 5.74) is 1.83. The van der Waals surface area contributed by atoms with E-state index >= 15 is 0 Å². The number of fused-ring (bicyclic) bond motifs is 1. The van der Waals surface area contributed by atoms with Crippen molar-refractivity contribution in [3.05, 3.63) is 58.3 Å². The van der Waals surface area contributed by atoms with Crippen LogP contribution >= 0.6 is 23.2 Å². The lowest BCUT2D eigenvalue weighted by Crippen LogP contribution is -2.02. The molecule has 4 nitrogen and oxygen atoms in total. The number of hydrogen-bond acceptors (Lipinski definition) is 2. The van der Waals surface area contributed by atoms with Gasteiger partial charge in [0.05, 0.1) is 27.3 Å². The van der Waals surface area contributed by atoms with E-state index in [1.807, 2.05) is 0 Å². The number of carbonyl (C=O) groups is 1. The maximum atomic E-state index is 11.3. The van der Waals surface area contributed by atoms with Crippen LogP contribution in [0, 0.1) is 0 Å². The van der Waals surface area contributed by atoms with Gasteiger partial charge in [-0.3, -0.25) is 4.57 Å². The van der Waals surface area contributed by atoms with Crippen LogP contribution in [-0.2, 0) is 0 Å².